The van der Waals surface area contributed by atoms with Gasteiger partial charge in [-0.1, -0.05) is 219 Å². The number of carbonyl (C=O) groups excluding carboxylic acids is 1. The lowest BCUT2D eigenvalue weighted by Gasteiger charge is -2.28. The Morgan fingerprint density at radius 2 is 0.778 bits per heavy atom. The van der Waals surface area contributed by atoms with E-state index in [9.17, 15) is 20.1 Å². The van der Waals surface area contributed by atoms with Crippen LogP contribution in [-0.2, 0) is 9.53 Å². The van der Waals surface area contributed by atoms with E-state index in [0.717, 1.165) is 38.5 Å². The Morgan fingerprint density at radius 1 is 0.533 bits per heavy atom. The predicted octanol–water partition coefficient (Wildman–Crippen LogP) is 11.6. The van der Waals surface area contributed by atoms with Crippen LogP contribution in [0.4, 0.5) is 0 Å². The number of ether oxygens (including phenoxy) is 1. The highest BCUT2D eigenvalue weighted by atomic mass is 32.1. The second-order valence-electron chi connectivity index (χ2n) is 14.0. The smallest absolute Gasteiger partial charge is 0.312 e. The van der Waals surface area contributed by atoms with Crippen molar-refractivity contribution in [2.24, 2.45) is 5.92 Å². The summed E-state index contributed by atoms with van der Waals surface area (Å²) in [5.74, 6) is -0.825. The summed E-state index contributed by atoms with van der Waals surface area (Å²) in [5, 5.41) is 26.8. The Labute approximate surface area is 285 Å². The second kappa shape index (κ2) is 33.6. The van der Waals surface area contributed by atoms with Crippen LogP contribution in [0, 0.1) is 5.92 Å². The molecule has 0 rings (SSSR count). The molecular formula is C39H78O5S. The quantitative estimate of drug-likeness (QED) is 0.0233. The lowest BCUT2D eigenvalue weighted by molar-refractivity contribution is -0.209. The second-order valence-corrected chi connectivity index (χ2v) is 14.6. The molecular weight excluding hydrogens is 580 g/mol. The molecule has 3 atom stereocenters. The molecule has 0 spiro atoms. The number of carbonyl (C=O) groups is 1. The van der Waals surface area contributed by atoms with Gasteiger partial charge in [0.15, 0.2) is 6.10 Å². The molecule has 0 saturated heterocycles. The van der Waals surface area contributed by atoms with Crippen molar-refractivity contribution in [3.8, 4) is 0 Å². The van der Waals surface area contributed by atoms with E-state index in [1.54, 1.807) is 0 Å². The van der Waals surface area contributed by atoms with Crippen molar-refractivity contribution in [3.63, 3.8) is 0 Å². The minimum Gasteiger partial charge on any atom is -0.420 e. The first-order valence-electron chi connectivity index (χ1n) is 19.9. The Morgan fingerprint density at radius 3 is 1.02 bits per heavy atom. The summed E-state index contributed by atoms with van der Waals surface area (Å²) in [6.45, 7) is 3.82. The third kappa shape index (κ3) is 29.6. The highest BCUT2D eigenvalue weighted by Crippen LogP contribution is 2.26. The van der Waals surface area contributed by atoms with Gasteiger partial charge < -0.3 is 20.1 Å². The zero-order valence-electron chi connectivity index (χ0n) is 30.1. The van der Waals surface area contributed by atoms with E-state index in [2.05, 4.69) is 26.5 Å². The third-order valence-corrected chi connectivity index (χ3v) is 9.89. The van der Waals surface area contributed by atoms with Gasteiger partial charge in [0.2, 0.25) is 0 Å². The van der Waals surface area contributed by atoms with Crippen LogP contribution in [0.3, 0.4) is 0 Å². The molecule has 6 heteroatoms. The van der Waals surface area contributed by atoms with Crippen LogP contribution in [0.1, 0.15) is 219 Å². The van der Waals surface area contributed by atoms with Gasteiger partial charge in [-0.3, -0.25) is 4.79 Å². The fourth-order valence-corrected chi connectivity index (χ4v) is 6.49. The molecule has 270 valence electrons. The monoisotopic (exact) mass is 659 g/mol. The van der Waals surface area contributed by atoms with Crippen LogP contribution >= 0.6 is 12.6 Å². The first kappa shape index (κ1) is 44.7. The van der Waals surface area contributed by atoms with Crippen molar-refractivity contribution in [1.29, 1.82) is 0 Å². The van der Waals surface area contributed by atoms with Gasteiger partial charge in [0.05, 0.1) is 12.5 Å². The number of esters is 1. The average molecular weight is 659 g/mol. The summed E-state index contributed by atoms with van der Waals surface area (Å²) < 4.78 is 5.17. The highest BCUT2D eigenvalue weighted by Gasteiger charge is 2.37. The average Bonchev–Trinajstić information content (AvgIpc) is 3.02. The van der Waals surface area contributed by atoms with Gasteiger partial charge in [-0.25, -0.2) is 0 Å². The minimum absolute atomic E-state index is 0.307. The molecule has 3 unspecified atom stereocenters. The molecule has 0 aliphatic heterocycles. The molecule has 0 amide bonds. The first-order valence-corrected chi connectivity index (χ1v) is 20.3. The van der Waals surface area contributed by atoms with Crippen LogP contribution < -0.4 is 0 Å². The molecule has 3 N–H and O–H groups in total. The van der Waals surface area contributed by atoms with Crippen molar-refractivity contribution in [2.45, 2.75) is 231 Å². The van der Waals surface area contributed by atoms with Crippen molar-refractivity contribution in [1.82, 2.24) is 0 Å². The number of aliphatic hydroxyl groups is 3. The lowest BCUT2D eigenvalue weighted by atomic mass is 9.94. The first-order chi connectivity index (χ1) is 21.9. The van der Waals surface area contributed by atoms with E-state index >= 15 is 0 Å². The molecule has 0 fully saturated rings. The Bertz CT molecular complexity index is 614. The topological polar surface area (TPSA) is 87.0 Å². The minimum atomic E-state index is -2.37. The summed E-state index contributed by atoms with van der Waals surface area (Å²) in [6, 6.07) is 0. The maximum absolute atomic E-state index is 12.9. The number of aliphatic hydroxyl groups excluding tert-OH is 2. The normalized spacial score (nSPS) is 14.4. The van der Waals surface area contributed by atoms with Crippen molar-refractivity contribution < 1.29 is 24.9 Å². The van der Waals surface area contributed by atoms with E-state index in [-0.39, 0.29) is 5.92 Å². The van der Waals surface area contributed by atoms with Gasteiger partial charge >= 0.3 is 5.97 Å². The molecule has 0 radical (unpaired) electrons. The van der Waals surface area contributed by atoms with Crippen LogP contribution in [0.15, 0.2) is 0 Å². The lowest BCUT2D eigenvalue weighted by Crippen LogP contribution is -2.44. The third-order valence-electron chi connectivity index (χ3n) is 9.50. The van der Waals surface area contributed by atoms with E-state index in [1.165, 1.54) is 167 Å². The fraction of sp³-hybridized carbons (Fsp3) is 0.974. The number of hydrogen-bond donors (Lipinski definition) is 4. The molecule has 0 aromatic rings. The fourth-order valence-electron chi connectivity index (χ4n) is 6.32. The van der Waals surface area contributed by atoms with Gasteiger partial charge in [0, 0.05) is 0 Å². The number of thiol groups is 1. The maximum atomic E-state index is 12.9. The molecule has 0 aromatic carbocycles. The van der Waals surface area contributed by atoms with Crippen LogP contribution in [0.5, 0.6) is 0 Å². The largest absolute Gasteiger partial charge is 0.420 e. The Hall–Kier alpha value is -0.300. The molecule has 0 heterocycles. The summed E-state index contributed by atoms with van der Waals surface area (Å²) in [4.78, 5) is 12.9. The van der Waals surface area contributed by atoms with Gasteiger partial charge in [0.1, 0.15) is 0 Å². The summed E-state index contributed by atoms with van der Waals surface area (Å²) in [5.41, 5.74) is 0. The van der Waals surface area contributed by atoms with Crippen LogP contribution in [0.2, 0.25) is 0 Å². The van der Waals surface area contributed by atoms with Crippen molar-refractivity contribution in [3.05, 3.63) is 0 Å². The van der Waals surface area contributed by atoms with E-state index in [0.29, 0.717) is 0 Å². The summed E-state index contributed by atoms with van der Waals surface area (Å²) >= 11 is 3.90. The van der Waals surface area contributed by atoms with Gasteiger partial charge in [-0.05, 0) is 12.8 Å². The Balaban J connectivity index is 4.07. The molecule has 0 bridgehead atoms. The molecule has 0 aromatic heterocycles. The van der Waals surface area contributed by atoms with E-state index in [1.807, 2.05) is 0 Å². The number of unbranched alkanes of at least 4 members (excludes halogenated alkanes) is 28. The number of rotatable bonds is 36. The molecule has 0 aliphatic rings. The van der Waals surface area contributed by atoms with Gasteiger partial charge in [-0.2, -0.15) is 0 Å². The standard InChI is InChI=1S/C39H78O5S/c1-3-5-7-9-11-13-15-17-19-20-22-24-26-28-30-32-34-36(38(42)44-39(43,45)37(41)35-40)33-31-29-27-25-23-21-18-16-14-12-10-8-6-4-2/h36-37,40-41,43,45H,3-35H2,1-2H3. The molecule has 45 heavy (non-hydrogen) atoms. The van der Waals surface area contributed by atoms with E-state index in [4.69, 9.17) is 4.74 Å². The molecule has 5 nitrogen and oxygen atoms in total. The maximum Gasteiger partial charge on any atom is 0.312 e. The van der Waals surface area contributed by atoms with Crippen molar-refractivity contribution >= 4 is 18.6 Å². The zero-order chi connectivity index (χ0) is 33.3. The Kier molecular flexibility index (Phi) is 33.4. The zero-order valence-corrected chi connectivity index (χ0v) is 31.0. The summed E-state index contributed by atoms with van der Waals surface area (Å²) in [6.07, 6.45) is 39.0. The number of hydrogen-bond acceptors (Lipinski definition) is 6. The summed E-state index contributed by atoms with van der Waals surface area (Å²) in [7, 11) is 0. The SMILES string of the molecule is CCCCCCCCCCCCCCCCCCC(CCCCCCCCCCCCCCCC)C(=O)OC(O)(S)C(O)CO. The van der Waals surface area contributed by atoms with Gasteiger partial charge in [-0.15, -0.1) is 0 Å². The molecule has 0 saturated carbocycles. The van der Waals surface area contributed by atoms with Crippen LogP contribution in [0.25, 0.3) is 0 Å². The molecule has 0 aliphatic carbocycles. The van der Waals surface area contributed by atoms with Gasteiger partial charge in [0.25, 0.3) is 5.12 Å². The predicted molar refractivity (Wildman–Crippen MR) is 196 cm³/mol. The van der Waals surface area contributed by atoms with Crippen LogP contribution in [-0.4, -0.2) is 39.1 Å². The van der Waals surface area contributed by atoms with E-state index < -0.39 is 23.8 Å². The highest BCUT2D eigenvalue weighted by molar-refractivity contribution is 7.81. The van der Waals surface area contributed by atoms with Crippen molar-refractivity contribution in [2.75, 3.05) is 6.61 Å².